The molecule has 1 aliphatic heterocycles. The van der Waals surface area contributed by atoms with Crippen LogP contribution in [0.5, 0.6) is 5.75 Å². The van der Waals surface area contributed by atoms with E-state index in [-0.39, 0.29) is 10.2 Å². The van der Waals surface area contributed by atoms with Gasteiger partial charge in [0.1, 0.15) is 27.7 Å². The molecule has 5 nitrogen and oxygen atoms in total. The highest BCUT2D eigenvalue weighted by Gasteiger charge is 2.26. The Morgan fingerprint density at radius 1 is 1.55 bits per heavy atom. The largest absolute Gasteiger partial charge is 0.491 e. The van der Waals surface area contributed by atoms with Gasteiger partial charge in [0, 0.05) is 6.07 Å². The number of hydrogen-bond donors (Lipinski definition) is 1. The minimum absolute atomic E-state index is 0.00565. The summed E-state index contributed by atoms with van der Waals surface area (Å²) in [6.07, 6.45) is 0. The molecule has 0 aliphatic carbocycles. The van der Waals surface area contributed by atoms with Gasteiger partial charge < -0.3 is 14.4 Å². The van der Waals surface area contributed by atoms with Crippen molar-refractivity contribution in [3.8, 4) is 17.1 Å². The quantitative estimate of drug-likeness (QED) is 0.675. The van der Waals surface area contributed by atoms with Gasteiger partial charge in [-0.25, -0.2) is 14.2 Å². The van der Waals surface area contributed by atoms with Crippen molar-refractivity contribution in [2.45, 2.75) is 6.54 Å². The number of ether oxygens (including phenoxy) is 1. The van der Waals surface area contributed by atoms with E-state index in [2.05, 4.69) is 20.9 Å². The third kappa shape index (κ3) is 2.10. The van der Waals surface area contributed by atoms with Gasteiger partial charge in [-0.3, -0.25) is 0 Å². The van der Waals surface area contributed by atoms with Crippen LogP contribution >= 0.6 is 38.5 Å². The second kappa shape index (κ2) is 4.99. The van der Waals surface area contributed by atoms with Crippen LogP contribution in [0.3, 0.4) is 0 Å². The molecule has 20 heavy (non-hydrogen) atoms. The van der Waals surface area contributed by atoms with Crippen molar-refractivity contribution in [2.75, 3.05) is 6.61 Å². The highest BCUT2D eigenvalue weighted by Crippen LogP contribution is 2.37. The van der Waals surface area contributed by atoms with Crippen molar-refractivity contribution in [1.29, 1.82) is 0 Å². The van der Waals surface area contributed by atoms with Crippen LogP contribution in [0.25, 0.3) is 11.4 Å². The maximum Gasteiger partial charge on any atom is 0.357 e. The normalized spacial score (nSPS) is 13.2. The molecule has 1 aromatic carbocycles. The molecule has 0 saturated carbocycles. The van der Waals surface area contributed by atoms with Crippen molar-refractivity contribution >= 4 is 44.5 Å². The van der Waals surface area contributed by atoms with E-state index in [1.54, 1.807) is 10.6 Å². The lowest BCUT2D eigenvalue weighted by Gasteiger charge is -2.07. The van der Waals surface area contributed by atoms with Crippen LogP contribution in [-0.4, -0.2) is 27.2 Å². The first-order valence-corrected chi connectivity index (χ1v) is 7.47. The van der Waals surface area contributed by atoms with Crippen molar-refractivity contribution in [3.05, 3.63) is 31.8 Å². The van der Waals surface area contributed by atoms with Crippen LogP contribution in [0, 0.1) is 9.52 Å². The van der Waals surface area contributed by atoms with E-state index in [0.717, 1.165) is 0 Å². The summed E-state index contributed by atoms with van der Waals surface area (Å²) < 4.78 is 21.7. The number of aromatic nitrogens is 2. The topological polar surface area (TPSA) is 64.3 Å². The fraction of sp³-hybridized carbons (Fsp3) is 0.167. The molecule has 0 amide bonds. The SMILES string of the molecule is O=C(O)c1nc2n(c1I)CCOc1cc(F)c(Br)cc1-2. The highest BCUT2D eigenvalue weighted by molar-refractivity contribution is 14.1. The summed E-state index contributed by atoms with van der Waals surface area (Å²) in [7, 11) is 0. The number of halogens is 3. The van der Waals surface area contributed by atoms with E-state index >= 15 is 0 Å². The van der Waals surface area contributed by atoms with Gasteiger partial charge in [0.15, 0.2) is 5.69 Å². The molecule has 8 heteroatoms. The number of carboxylic acid groups (broad SMARTS) is 1. The van der Waals surface area contributed by atoms with Crippen LogP contribution in [0.15, 0.2) is 16.6 Å². The predicted molar refractivity (Wildman–Crippen MR) is 80.5 cm³/mol. The molecule has 1 aliphatic rings. The van der Waals surface area contributed by atoms with Crippen LogP contribution in [-0.2, 0) is 6.54 Å². The molecule has 0 bridgehead atoms. The summed E-state index contributed by atoms with van der Waals surface area (Å²) >= 11 is 5.06. The Bertz CT molecular complexity index is 732. The van der Waals surface area contributed by atoms with E-state index in [0.29, 0.717) is 34.0 Å². The number of fused-ring (bicyclic) bond motifs is 3. The molecule has 2 aromatic rings. The van der Waals surface area contributed by atoms with Crippen molar-refractivity contribution in [3.63, 3.8) is 0 Å². The Kier molecular flexibility index (Phi) is 3.44. The summed E-state index contributed by atoms with van der Waals surface area (Å²) in [5.74, 6) is -0.682. The molecule has 104 valence electrons. The van der Waals surface area contributed by atoms with Gasteiger partial charge in [0.05, 0.1) is 16.6 Å². The Balaban J connectivity index is 2.29. The van der Waals surface area contributed by atoms with Crippen LogP contribution in [0.4, 0.5) is 4.39 Å². The Morgan fingerprint density at radius 3 is 3.00 bits per heavy atom. The number of rotatable bonds is 1. The lowest BCUT2D eigenvalue weighted by Crippen LogP contribution is -2.08. The van der Waals surface area contributed by atoms with Crippen LogP contribution in [0.2, 0.25) is 0 Å². The fourth-order valence-corrected chi connectivity index (χ4v) is 3.21. The molecule has 0 saturated heterocycles. The zero-order valence-corrected chi connectivity index (χ0v) is 13.6. The van der Waals surface area contributed by atoms with Gasteiger partial charge in [-0.2, -0.15) is 0 Å². The van der Waals surface area contributed by atoms with Gasteiger partial charge in [-0.1, -0.05) is 0 Å². The first-order chi connectivity index (χ1) is 9.49. The summed E-state index contributed by atoms with van der Waals surface area (Å²) in [4.78, 5) is 15.3. The number of aromatic carboxylic acids is 1. The Hall–Kier alpha value is -1.16. The Labute approximate surface area is 135 Å². The van der Waals surface area contributed by atoms with Crippen molar-refractivity contribution < 1.29 is 19.0 Å². The zero-order valence-electron chi connectivity index (χ0n) is 9.86. The number of imidazole rings is 1. The summed E-state index contributed by atoms with van der Waals surface area (Å²) in [5, 5.41) is 9.15. The van der Waals surface area contributed by atoms with E-state index in [4.69, 9.17) is 9.84 Å². The first-order valence-electron chi connectivity index (χ1n) is 5.60. The number of nitrogens with zero attached hydrogens (tertiary/aromatic N) is 2. The summed E-state index contributed by atoms with van der Waals surface area (Å²) in [6.45, 7) is 0.786. The fourth-order valence-electron chi connectivity index (χ4n) is 2.05. The number of carbonyl (C=O) groups is 1. The van der Waals surface area contributed by atoms with Gasteiger partial charge >= 0.3 is 5.97 Å². The maximum absolute atomic E-state index is 13.6. The smallest absolute Gasteiger partial charge is 0.357 e. The number of hydrogen-bond acceptors (Lipinski definition) is 3. The third-order valence-electron chi connectivity index (χ3n) is 2.94. The number of carboxylic acids is 1. The molecule has 0 unspecified atom stereocenters. The van der Waals surface area contributed by atoms with Crippen molar-refractivity contribution in [2.24, 2.45) is 0 Å². The molecule has 0 spiro atoms. The molecule has 0 atom stereocenters. The maximum atomic E-state index is 13.6. The van der Waals surface area contributed by atoms with E-state index in [1.165, 1.54) is 6.07 Å². The van der Waals surface area contributed by atoms with Gasteiger partial charge in [-0.15, -0.1) is 0 Å². The minimum atomic E-state index is -1.08. The lowest BCUT2D eigenvalue weighted by molar-refractivity contribution is 0.0689. The average molecular weight is 453 g/mol. The van der Waals surface area contributed by atoms with E-state index in [9.17, 15) is 9.18 Å². The van der Waals surface area contributed by atoms with Gasteiger partial charge in [0.2, 0.25) is 0 Å². The summed E-state index contributed by atoms with van der Waals surface area (Å²) in [6, 6.07) is 2.83. The zero-order chi connectivity index (χ0) is 14.4. The molecular weight excluding hydrogens is 446 g/mol. The Morgan fingerprint density at radius 2 is 2.30 bits per heavy atom. The number of benzene rings is 1. The van der Waals surface area contributed by atoms with Crippen LogP contribution in [0.1, 0.15) is 10.5 Å². The standard InChI is InChI=1S/C12H7BrFIN2O3/c13-6-3-5-8(4-7(6)14)20-2-1-17-10(15)9(12(18)19)16-11(5)17/h3-4H,1-2H2,(H,18,19). The molecule has 0 radical (unpaired) electrons. The highest BCUT2D eigenvalue weighted by atomic mass is 127. The molecule has 0 fully saturated rings. The second-order valence-electron chi connectivity index (χ2n) is 4.14. The van der Waals surface area contributed by atoms with Gasteiger partial charge in [0.25, 0.3) is 0 Å². The van der Waals surface area contributed by atoms with E-state index < -0.39 is 11.8 Å². The molecule has 2 heterocycles. The molecule has 3 rings (SSSR count). The third-order valence-corrected chi connectivity index (χ3v) is 4.65. The second-order valence-corrected chi connectivity index (χ2v) is 6.02. The predicted octanol–water partition coefficient (Wildman–Crippen LogP) is 3.15. The average Bonchev–Trinajstić information content (AvgIpc) is 2.61. The summed E-state index contributed by atoms with van der Waals surface area (Å²) in [5.41, 5.74) is 0.565. The monoisotopic (exact) mass is 452 g/mol. The van der Waals surface area contributed by atoms with E-state index in [1.807, 2.05) is 22.6 Å². The molecule has 1 aromatic heterocycles. The molecular formula is C12H7BrFIN2O3. The minimum Gasteiger partial charge on any atom is -0.491 e. The van der Waals surface area contributed by atoms with Crippen molar-refractivity contribution in [1.82, 2.24) is 9.55 Å². The van der Waals surface area contributed by atoms with Crippen LogP contribution < -0.4 is 4.74 Å². The lowest BCUT2D eigenvalue weighted by atomic mass is 10.2. The first kappa shape index (κ1) is 13.8. The molecule has 1 N–H and O–H groups in total. The van der Waals surface area contributed by atoms with Gasteiger partial charge in [-0.05, 0) is 44.6 Å².